The number of hydrogen-bond acceptors (Lipinski definition) is 5. The maximum absolute atomic E-state index is 12.3. The summed E-state index contributed by atoms with van der Waals surface area (Å²) in [5.41, 5.74) is 4.59. The van der Waals surface area contributed by atoms with Gasteiger partial charge in [0.15, 0.2) is 6.61 Å². The summed E-state index contributed by atoms with van der Waals surface area (Å²) in [6, 6.07) is 22.4. The zero-order chi connectivity index (χ0) is 21.8. The van der Waals surface area contributed by atoms with Crippen LogP contribution in [0.1, 0.15) is 16.7 Å². The van der Waals surface area contributed by atoms with Gasteiger partial charge in [0.05, 0.1) is 0 Å². The summed E-state index contributed by atoms with van der Waals surface area (Å²) < 4.78 is 16.4. The third kappa shape index (κ3) is 4.67. The Kier molecular flexibility index (Phi) is 5.85. The summed E-state index contributed by atoms with van der Waals surface area (Å²) in [5.74, 6) is 0.0793. The Labute approximate surface area is 179 Å². The van der Waals surface area contributed by atoms with Gasteiger partial charge in [-0.05, 0) is 48.7 Å². The van der Waals surface area contributed by atoms with E-state index in [1.54, 1.807) is 0 Å². The van der Waals surface area contributed by atoms with E-state index in [9.17, 15) is 9.59 Å². The minimum atomic E-state index is -0.520. The highest BCUT2D eigenvalue weighted by Gasteiger charge is 2.12. The molecule has 0 aliphatic carbocycles. The van der Waals surface area contributed by atoms with E-state index in [0.29, 0.717) is 16.9 Å². The first-order valence-electron chi connectivity index (χ1n) is 9.98. The molecule has 1 aromatic heterocycles. The summed E-state index contributed by atoms with van der Waals surface area (Å²) in [5, 5.41) is 0.755. The van der Waals surface area contributed by atoms with Crippen LogP contribution in [0.25, 0.3) is 22.1 Å². The molecule has 0 unspecified atom stereocenters. The van der Waals surface area contributed by atoms with Gasteiger partial charge < -0.3 is 13.9 Å². The fraction of sp³-hybridized carbons (Fsp3) is 0.154. The number of carbonyl (C=O) groups is 1. The van der Waals surface area contributed by atoms with E-state index in [2.05, 4.69) is 0 Å². The van der Waals surface area contributed by atoms with Gasteiger partial charge in [0.2, 0.25) is 0 Å². The van der Waals surface area contributed by atoms with E-state index < -0.39 is 11.6 Å². The molecule has 0 radical (unpaired) electrons. The molecule has 0 amide bonds. The van der Waals surface area contributed by atoms with E-state index in [1.165, 1.54) is 6.07 Å². The quantitative estimate of drug-likeness (QED) is 0.321. The van der Waals surface area contributed by atoms with Gasteiger partial charge in [-0.15, -0.1) is 0 Å². The predicted molar refractivity (Wildman–Crippen MR) is 119 cm³/mol. The third-order valence-electron chi connectivity index (χ3n) is 5.15. The van der Waals surface area contributed by atoms with Gasteiger partial charge in [0.1, 0.15) is 17.9 Å². The molecule has 0 saturated heterocycles. The predicted octanol–water partition coefficient (Wildman–Crippen LogP) is 5.20. The van der Waals surface area contributed by atoms with Crippen molar-refractivity contribution < 1.29 is 18.7 Å². The summed E-state index contributed by atoms with van der Waals surface area (Å²) in [6.45, 7) is 3.66. The van der Waals surface area contributed by atoms with Gasteiger partial charge in [-0.3, -0.25) is 0 Å². The second-order valence-corrected chi connectivity index (χ2v) is 7.33. The van der Waals surface area contributed by atoms with Crippen molar-refractivity contribution in [3.05, 3.63) is 99.9 Å². The fourth-order valence-electron chi connectivity index (χ4n) is 3.39. The Bertz CT molecular complexity index is 1290. The van der Waals surface area contributed by atoms with Crippen LogP contribution in [0.5, 0.6) is 5.75 Å². The molecule has 0 N–H and O–H groups in total. The zero-order valence-electron chi connectivity index (χ0n) is 17.4. The molecule has 0 aliphatic heterocycles. The molecule has 0 spiro atoms. The van der Waals surface area contributed by atoms with Crippen molar-refractivity contribution >= 4 is 16.9 Å². The van der Waals surface area contributed by atoms with Crippen molar-refractivity contribution in [1.82, 2.24) is 0 Å². The second kappa shape index (κ2) is 8.88. The summed E-state index contributed by atoms with van der Waals surface area (Å²) >= 11 is 0. The van der Waals surface area contributed by atoms with E-state index in [0.717, 1.165) is 27.6 Å². The second-order valence-electron chi connectivity index (χ2n) is 7.33. The molecule has 0 atom stereocenters. The Balaban J connectivity index is 1.46. The standard InChI is InChI=1S/C26H22O5/c1-17-12-22-20(14-25(27)31-24(22)13-18(17)2)15-30-26(28)16-29-23-11-7-6-10-21(23)19-8-4-3-5-9-19/h3-14H,15-16H2,1-2H3. The van der Waals surface area contributed by atoms with Crippen molar-refractivity contribution in [3.63, 3.8) is 0 Å². The van der Waals surface area contributed by atoms with Crippen LogP contribution in [-0.2, 0) is 16.1 Å². The van der Waals surface area contributed by atoms with Crippen LogP contribution in [0.3, 0.4) is 0 Å². The highest BCUT2D eigenvalue weighted by Crippen LogP contribution is 2.29. The maximum atomic E-state index is 12.3. The number of aryl methyl sites for hydroxylation is 2. The van der Waals surface area contributed by atoms with E-state index in [-0.39, 0.29) is 13.2 Å². The first kappa shape index (κ1) is 20.4. The summed E-state index contributed by atoms with van der Waals surface area (Å²) in [7, 11) is 0. The maximum Gasteiger partial charge on any atom is 0.344 e. The molecule has 5 heteroatoms. The van der Waals surface area contributed by atoms with Crippen molar-refractivity contribution in [2.75, 3.05) is 6.61 Å². The first-order chi connectivity index (χ1) is 15.0. The number of para-hydroxylation sites is 1. The lowest BCUT2D eigenvalue weighted by Gasteiger charge is -2.12. The number of rotatable bonds is 6. The van der Waals surface area contributed by atoms with E-state index in [4.69, 9.17) is 13.9 Å². The zero-order valence-corrected chi connectivity index (χ0v) is 17.4. The van der Waals surface area contributed by atoms with Gasteiger partial charge in [-0.1, -0.05) is 48.5 Å². The average Bonchev–Trinajstić information content (AvgIpc) is 2.78. The summed E-state index contributed by atoms with van der Waals surface area (Å²) in [4.78, 5) is 24.2. The Morgan fingerprint density at radius 3 is 2.42 bits per heavy atom. The average molecular weight is 414 g/mol. The van der Waals surface area contributed by atoms with Gasteiger partial charge in [0, 0.05) is 22.6 Å². The molecule has 0 aliphatic rings. The first-order valence-corrected chi connectivity index (χ1v) is 9.98. The normalized spacial score (nSPS) is 10.8. The topological polar surface area (TPSA) is 65.7 Å². The minimum Gasteiger partial charge on any atom is -0.481 e. The molecule has 3 aromatic carbocycles. The molecule has 31 heavy (non-hydrogen) atoms. The van der Waals surface area contributed by atoms with Crippen LogP contribution in [0.4, 0.5) is 0 Å². The minimum absolute atomic E-state index is 0.0346. The van der Waals surface area contributed by atoms with Crippen LogP contribution in [0.2, 0.25) is 0 Å². The van der Waals surface area contributed by atoms with Crippen molar-refractivity contribution in [3.8, 4) is 16.9 Å². The molecule has 5 nitrogen and oxygen atoms in total. The molecule has 0 fully saturated rings. The molecule has 0 bridgehead atoms. The number of esters is 1. The van der Waals surface area contributed by atoms with Crippen LogP contribution < -0.4 is 10.4 Å². The molecule has 4 rings (SSSR count). The SMILES string of the molecule is Cc1cc2oc(=O)cc(COC(=O)COc3ccccc3-c3ccccc3)c2cc1C. The lowest BCUT2D eigenvalue weighted by Crippen LogP contribution is -2.15. The van der Waals surface area contributed by atoms with Crippen LogP contribution in [0, 0.1) is 13.8 Å². The van der Waals surface area contributed by atoms with Crippen molar-refractivity contribution in [1.29, 1.82) is 0 Å². The van der Waals surface area contributed by atoms with Crippen LogP contribution in [-0.4, -0.2) is 12.6 Å². The third-order valence-corrected chi connectivity index (χ3v) is 5.15. The van der Waals surface area contributed by atoms with E-state index >= 15 is 0 Å². The molecule has 0 saturated carbocycles. The van der Waals surface area contributed by atoms with Gasteiger partial charge in [-0.25, -0.2) is 9.59 Å². The number of carbonyl (C=O) groups excluding carboxylic acids is 1. The molecule has 4 aromatic rings. The highest BCUT2D eigenvalue weighted by molar-refractivity contribution is 5.82. The van der Waals surface area contributed by atoms with Crippen molar-refractivity contribution in [2.45, 2.75) is 20.5 Å². The Hall–Kier alpha value is -3.86. The highest BCUT2D eigenvalue weighted by atomic mass is 16.6. The molecule has 1 heterocycles. The van der Waals surface area contributed by atoms with Gasteiger partial charge >= 0.3 is 11.6 Å². The summed E-state index contributed by atoms with van der Waals surface area (Å²) in [6.07, 6.45) is 0. The largest absolute Gasteiger partial charge is 0.481 e. The van der Waals surface area contributed by atoms with Crippen LogP contribution in [0.15, 0.2) is 82.0 Å². The lowest BCUT2D eigenvalue weighted by molar-refractivity contribution is -0.147. The van der Waals surface area contributed by atoms with Crippen molar-refractivity contribution in [2.24, 2.45) is 0 Å². The number of hydrogen-bond donors (Lipinski definition) is 0. The van der Waals surface area contributed by atoms with E-state index in [1.807, 2.05) is 80.6 Å². The van der Waals surface area contributed by atoms with Gasteiger partial charge in [0.25, 0.3) is 0 Å². The fourth-order valence-corrected chi connectivity index (χ4v) is 3.39. The lowest BCUT2D eigenvalue weighted by atomic mass is 10.0. The molecule has 156 valence electrons. The van der Waals surface area contributed by atoms with Gasteiger partial charge in [-0.2, -0.15) is 0 Å². The molecular formula is C26H22O5. The number of benzene rings is 3. The smallest absolute Gasteiger partial charge is 0.344 e. The Morgan fingerprint density at radius 2 is 1.61 bits per heavy atom. The molecular weight excluding hydrogens is 392 g/mol. The number of fused-ring (bicyclic) bond motifs is 1. The monoisotopic (exact) mass is 414 g/mol. The Morgan fingerprint density at radius 1 is 0.903 bits per heavy atom. The number of ether oxygens (including phenoxy) is 2. The van der Waals surface area contributed by atoms with Crippen LogP contribution >= 0.6 is 0 Å².